The Bertz CT molecular complexity index is 1160. The monoisotopic (exact) mass is 421 g/mol. The Morgan fingerprint density at radius 3 is 2.76 bits per heavy atom. The standard InChI is InChI=1S/C21H16ClN5OS/c1-13-4-5-15(25-20(28)16-6-8-24-11-17(16)22)9-18(13)26-21-27-19(12-29-21)14-3-2-7-23-10-14/h2-12H,1H3,(H,25,28)(H,26,27). The number of aromatic nitrogens is 3. The highest BCUT2D eigenvalue weighted by molar-refractivity contribution is 7.14. The van der Waals surface area contributed by atoms with Crippen molar-refractivity contribution in [1.29, 1.82) is 0 Å². The number of aryl methyl sites for hydroxylation is 1. The van der Waals surface area contributed by atoms with Crippen LogP contribution in [0.5, 0.6) is 0 Å². The van der Waals surface area contributed by atoms with Gasteiger partial charge in [0.15, 0.2) is 5.13 Å². The van der Waals surface area contributed by atoms with E-state index in [0.717, 1.165) is 27.6 Å². The number of amides is 1. The molecule has 1 amide bonds. The zero-order valence-electron chi connectivity index (χ0n) is 15.4. The Morgan fingerprint density at radius 1 is 1.10 bits per heavy atom. The first-order valence-electron chi connectivity index (χ1n) is 8.74. The zero-order chi connectivity index (χ0) is 20.2. The molecule has 0 aliphatic rings. The van der Waals surface area contributed by atoms with E-state index in [1.54, 1.807) is 18.5 Å². The van der Waals surface area contributed by atoms with E-state index in [1.807, 2.05) is 42.6 Å². The van der Waals surface area contributed by atoms with Gasteiger partial charge in [-0.2, -0.15) is 0 Å². The van der Waals surface area contributed by atoms with Gasteiger partial charge in [-0.1, -0.05) is 17.7 Å². The summed E-state index contributed by atoms with van der Waals surface area (Å²) in [5, 5.41) is 9.24. The molecule has 0 radical (unpaired) electrons. The summed E-state index contributed by atoms with van der Waals surface area (Å²) >= 11 is 7.56. The molecule has 1 aromatic carbocycles. The van der Waals surface area contributed by atoms with E-state index in [-0.39, 0.29) is 5.91 Å². The van der Waals surface area contributed by atoms with Crippen LogP contribution in [0.2, 0.25) is 5.02 Å². The smallest absolute Gasteiger partial charge is 0.257 e. The van der Waals surface area contributed by atoms with E-state index in [9.17, 15) is 4.79 Å². The minimum absolute atomic E-state index is 0.291. The molecule has 0 aliphatic heterocycles. The molecule has 0 saturated carbocycles. The average molecular weight is 422 g/mol. The number of hydrogen-bond acceptors (Lipinski definition) is 6. The van der Waals surface area contributed by atoms with Gasteiger partial charge in [0.25, 0.3) is 5.91 Å². The van der Waals surface area contributed by atoms with Gasteiger partial charge in [0.1, 0.15) is 0 Å². The molecule has 0 atom stereocenters. The number of nitrogens with one attached hydrogen (secondary N) is 2. The lowest BCUT2D eigenvalue weighted by atomic mass is 10.1. The van der Waals surface area contributed by atoms with Crippen molar-refractivity contribution in [2.75, 3.05) is 10.6 Å². The van der Waals surface area contributed by atoms with E-state index in [4.69, 9.17) is 11.6 Å². The van der Waals surface area contributed by atoms with E-state index in [1.165, 1.54) is 23.7 Å². The summed E-state index contributed by atoms with van der Waals surface area (Å²) in [5.41, 5.74) is 4.74. The molecular weight excluding hydrogens is 406 g/mol. The van der Waals surface area contributed by atoms with Gasteiger partial charge in [0, 0.05) is 47.1 Å². The van der Waals surface area contributed by atoms with E-state index in [2.05, 4.69) is 25.6 Å². The van der Waals surface area contributed by atoms with Crippen LogP contribution in [0.25, 0.3) is 11.3 Å². The summed E-state index contributed by atoms with van der Waals surface area (Å²) in [6.45, 7) is 1.99. The minimum Gasteiger partial charge on any atom is -0.331 e. The largest absolute Gasteiger partial charge is 0.331 e. The summed E-state index contributed by atoms with van der Waals surface area (Å²) < 4.78 is 0. The Morgan fingerprint density at radius 2 is 1.97 bits per heavy atom. The summed E-state index contributed by atoms with van der Waals surface area (Å²) in [5.74, 6) is -0.291. The highest BCUT2D eigenvalue weighted by Crippen LogP contribution is 2.29. The lowest BCUT2D eigenvalue weighted by Crippen LogP contribution is -2.12. The van der Waals surface area contributed by atoms with Crippen LogP contribution in [0.15, 0.2) is 66.6 Å². The number of benzene rings is 1. The number of pyridine rings is 2. The Labute approximate surface area is 176 Å². The second-order valence-corrected chi connectivity index (χ2v) is 7.51. The first-order valence-corrected chi connectivity index (χ1v) is 10.0. The number of carbonyl (C=O) groups excluding carboxylic acids is 1. The van der Waals surface area contributed by atoms with Crippen LogP contribution in [-0.2, 0) is 0 Å². The van der Waals surface area contributed by atoms with Crippen molar-refractivity contribution >= 4 is 45.4 Å². The number of rotatable bonds is 5. The third kappa shape index (κ3) is 4.42. The lowest BCUT2D eigenvalue weighted by molar-refractivity contribution is 0.102. The molecule has 0 saturated heterocycles. The van der Waals surface area contributed by atoms with Crippen LogP contribution in [-0.4, -0.2) is 20.9 Å². The average Bonchev–Trinajstić information content (AvgIpc) is 3.20. The number of halogens is 1. The van der Waals surface area contributed by atoms with E-state index >= 15 is 0 Å². The van der Waals surface area contributed by atoms with E-state index in [0.29, 0.717) is 16.3 Å². The lowest BCUT2D eigenvalue weighted by Gasteiger charge is -2.11. The zero-order valence-corrected chi connectivity index (χ0v) is 17.0. The Hall–Kier alpha value is -3.29. The maximum atomic E-state index is 12.5. The van der Waals surface area contributed by atoms with E-state index < -0.39 is 0 Å². The summed E-state index contributed by atoms with van der Waals surface area (Å²) in [7, 11) is 0. The molecule has 144 valence electrons. The summed E-state index contributed by atoms with van der Waals surface area (Å²) in [6.07, 6.45) is 6.49. The fourth-order valence-corrected chi connectivity index (χ4v) is 3.62. The highest BCUT2D eigenvalue weighted by atomic mass is 35.5. The number of hydrogen-bond donors (Lipinski definition) is 2. The predicted molar refractivity (Wildman–Crippen MR) is 117 cm³/mol. The van der Waals surface area contributed by atoms with Crippen molar-refractivity contribution in [3.63, 3.8) is 0 Å². The quantitative estimate of drug-likeness (QED) is 0.441. The molecular formula is C21H16ClN5OS. The first kappa shape index (κ1) is 19.0. The normalized spacial score (nSPS) is 10.6. The fraction of sp³-hybridized carbons (Fsp3) is 0.0476. The highest BCUT2D eigenvalue weighted by Gasteiger charge is 2.12. The van der Waals surface area contributed by atoms with Gasteiger partial charge in [-0.25, -0.2) is 4.98 Å². The van der Waals surface area contributed by atoms with Gasteiger partial charge in [0.2, 0.25) is 0 Å². The molecule has 2 N–H and O–H groups in total. The number of thiazole rings is 1. The van der Waals surface area contributed by atoms with Crippen molar-refractivity contribution in [3.8, 4) is 11.3 Å². The van der Waals surface area contributed by atoms with Crippen molar-refractivity contribution in [3.05, 3.63) is 82.7 Å². The number of carbonyl (C=O) groups is 1. The summed E-state index contributed by atoms with van der Waals surface area (Å²) in [6, 6.07) is 11.1. The molecule has 0 unspecified atom stereocenters. The van der Waals surface area contributed by atoms with Crippen LogP contribution in [0, 0.1) is 6.92 Å². The van der Waals surface area contributed by atoms with Crippen LogP contribution in [0.4, 0.5) is 16.5 Å². The molecule has 8 heteroatoms. The molecule has 6 nitrogen and oxygen atoms in total. The third-order valence-corrected chi connectivity index (χ3v) is 5.27. The van der Waals surface area contributed by atoms with Crippen molar-refractivity contribution < 1.29 is 4.79 Å². The number of nitrogens with zero attached hydrogens (tertiary/aromatic N) is 3. The fourth-order valence-electron chi connectivity index (χ4n) is 2.69. The van der Waals surface area contributed by atoms with Crippen molar-refractivity contribution in [2.24, 2.45) is 0 Å². The van der Waals surface area contributed by atoms with Crippen molar-refractivity contribution in [1.82, 2.24) is 15.0 Å². The van der Waals surface area contributed by atoms with Crippen LogP contribution < -0.4 is 10.6 Å². The van der Waals surface area contributed by atoms with Gasteiger partial charge in [-0.05, 0) is 42.8 Å². The van der Waals surface area contributed by atoms with Crippen LogP contribution in [0.3, 0.4) is 0 Å². The van der Waals surface area contributed by atoms with Gasteiger partial charge >= 0.3 is 0 Å². The Balaban J connectivity index is 1.53. The maximum Gasteiger partial charge on any atom is 0.257 e. The second kappa shape index (κ2) is 8.38. The predicted octanol–water partition coefficient (Wildman–Crippen LogP) is 5.56. The van der Waals surface area contributed by atoms with Crippen molar-refractivity contribution in [2.45, 2.75) is 6.92 Å². The third-order valence-electron chi connectivity index (χ3n) is 4.22. The van der Waals surface area contributed by atoms with Gasteiger partial charge in [0.05, 0.1) is 16.3 Å². The number of anilines is 3. The topological polar surface area (TPSA) is 79.8 Å². The van der Waals surface area contributed by atoms with Gasteiger partial charge in [-0.15, -0.1) is 11.3 Å². The maximum absolute atomic E-state index is 12.5. The molecule has 0 bridgehead atoms. The molecule has 4 rings (SSSR count). The minimum atomic E-state index is -0.291. The molecule has 3 aromatic heterocycles. The summed E-state index contributed by atoms with van der Waals surface area (Å²) in [4.78, 5) is 25.1. The molecule has 0 aliphatic carbocycles. The van der Waals surface area contributed by atoms with Gasteiger partial charge in [-0.3, -0.25) is 14.8 Å². The van der Waals surface area contributed by atoms with Gasteiger partial charge < -0.3 is 10.6 Å². The second-order valence-electron chi connectivity index (χ2n) is 6.24. The molecule has 3 heterocycles. The molecule has 0 spiro atoms. The van der Waals surface area contributed by atoms with Crippen LogP contribution >= 0.6 is 22.9 Å². The Kier molecular flexibility index (Phi) is 5.50. The van der Waals surface area contributed by atoms with Crippen LogP contribution in [0.1, 0.15) is 15.9 Å². The first-order chi connectivity index (χ1) is 14.1. The molecule has 4 aromatic rings. The SMILES string of the molecule is Cc1ccc(NC(=O)c2ccncc2Cl)cc1Nc1nc(-c2cccnc2)cs1. The molecule has 0 fully saturated rings. The molecule has 29 heavy (non-hydrogen) atoms.